The van der Waals surface area contributed by atoms with Crippen LogP contribution in [0.15, 0.2) is 6.20 Å². The molecular formula is C24H35N6O8PS. The first-order valence-electron chi connectivity index (χ1n) is 13.5. The molecule has 0 amide bonds. The summed E-state index contributed by atoms with van der Waals surface area (Å²) in [5, 5.41) is 18.1. The van der Waals surface area contributed by atoms with Gasteiger partial charge in [0.1, 0.15) is 30.2 Å². The van der Waals surface area contributed by atoms with Crippen molar-refractivity contribution in [1.82, 2.24) is 19.7 Å². The average Bonchev–Trinajstić information content (AvgIpc) is 3.64. The molecule has 1 N–H and O–H groups in total. The predicted octanol–water partition coefficient (Wildman–Crippen LogP) is 3.11. The quantitative estimate of drug-likeness (QED) is 0.374. The van der Waals surface area contributed by atoms with Gasteiger partial charge >= 0.3 is 7.60 Å². The Morgan fingerprint density at radius 1 is 1.18 bits per heavy atom. The molecule has 4 atom stereocenters. The third-order valence-electron chi connectivity index (χ3n) is 7.04. The molecule has 0 radical (unpaired) electrons. The van der Waals surface area contributed by atoms with E-state index in [1.807, 2.05) is 6.07 Å². The first-order chi connectivity index (χ1) is 19.0. The summed E-state index contributed by atoms with van der Waals surface area (Å²) in [5.41, 5.74) is -0.433. The van der Waals surface area contributed by atoms with E-state index in [1.165, 1.54) is 4.68 Å². The SMILES string of the molecule is CCOP(=O)(CS(=O)(=O)CC1O[C@@H](n2ncc3c(NC4CCCC4)nc(C#N)nc32)[C@@H]2OC(C)(C)O[C@H]12)OCC. The molecule has 0 bridgehead atoms. The van der Waals surface area contributed by atoms with E-state index in [1.54, 1.807) is 33.9 Å². The van der Waals surface area contributed by atoms with Gasteiger partial charge in [0.05, 0.1) is 30.5 Å². The maximum Gasteiger partial charge on any atom is 0.345 e. The Hall–Kier alpha value is -2.18. The van der Waals surface area contributed by atoms with Crippen LogP contribution in [0.1, 0.15) is 65.4 Å². The van der Waals surface area contributed by atoms with Crippen LogP contribution in [-0.2, 0) is 37.7 Å². The fraction of sp³-hybridized carbons (Fsp3) is 0.750. The lowest BCUT2D eigenvalue weighted by molar-refractivity contribution is -0.195. The highest BCUT2D eigenvalue weighted by Crippen LogP contribution is 2.50. The van der Waals surface area contributed by atoms with Crippen molar-refractivity contribution in [2.24, 2.45) is 0 Å². The minimum Gasteiger partial charge on any atom is -0.367 e. The molecule has 4 heterocycles. The van der Waals surface area contributed by atoms with Crippen LogP contribution < -0.4 is 5.32 Å². The highest BCUT2D eigenvalue weighted by Gasteiger charge is 2.57. The molecule has 1 aliphatic carbocycles. The summed E-state index contributed by atoms with van der Waals surface area (Å²) in [7, 11) is -7.85. The van der Waals surface area contributed by atoms with Crippen LogP contribution >= 0.6 is 7.60 Å². The third-order valence-corrected chi connectivity index (χ3v) is 12.0. The maximum absolute atomic E-state index is 13.2. The number of nitriles is 1. The predicted molar refractivity (Wildman–Crippen MR) is 143 cm³/mol. The van der Waals surface area contributed by atoms with E-state index in [0.717, 1.165) is 25.7 Å². The van der Waals surface area contributed by atoms with Gasteiger partial charge < -0.3 is 28.6 Å². The molecule has 3 fully saturated rings. The van der Waals surface area contributed by atoms with Crippen molar-refractivity contribution in [3.63, 3.8) is 0 Å². The van der Waals surface area contributed by atoms with Gasteiger partial charge in [-0.05, 0) is 40.5 Å². The minimum atomic E-state index is -3.99. The average molecular weight is 599 g/mol. The van der Waals surface area contributed by atoms with Crippen LogP contribution in [0.25, 0.3) is 11.0 Å². The van der Waals surface area contributed by atoms with Crippen LogP contribution in [0.4, 0.5) is 5.82 Å². The van der Waals surface area contributed by atoms with Crippen LogP contribution in [0, 0.1) is 11.3 Å². The molecule has 220 valence electrons. The summed E-state index contributed by atoms with van der Waals surface area (Å²) >= 11 is 0. The standard InChI is InChI=1S/C24H35N6O8PS/c1-5-34-39(31,35-6-2)14-40(32,33)13-17-19-20(38-24(3,4)37-19)23(36-17)30-22-16(12-26-30)21(28-18(11-25)29-22)27-15-9-7-8-10-15/h12,15,17,19-20,23H,5-10,13-14H2,1-4H3,(H,27,28,29)/t17?,19-,20-,23-/m1/s1. The minimum absolute atomic E-state index is 0.0325. The van der Waals surface area contributed by atoms with Gasteiger partial charge in [-0.2, -0.15) is 15.3 Å². The molecule has 5 rings (SSSR count). The molecule has 2 aromatic heterocycles. The molecule has 2 aliphatic heterocycles. The normalized spacial score (nSPS) is 26.8. The monoisotopic (exact) mass is 598 g/mol. The van der Waals surface area contributed by atoms with Gasteiger partial charge in [-0.25, -0.2) is 18.1 Å². The maximum atomic E-state index is 13.2. The summed E-state index contributed by atoms with van der Waals surface area (Å²) in [6.45, 7) is 6.77. The Kier molecular flexibility index (Phi) is 8.24. The molecular weight excluding hydrogens is 563 g/mol. The van der Waals surface area contributed by atoms with Crippen LogP contribution in [0.5, 0.6) is 0 Å². The number of rotatable bonds is 11. The van der Waals surface area contributed by atoms with E-state index in [4.69, 9.17) is 23.3 Å². The van der Waals surface area contributed by atoms with Crippen molar-refractivity contribution < 1.29 is 36.2 Å². The van der Waals surface area contributed by atoms with Crippen molar-refractivity contribution >= 4 is 34.3 Å². The van der Waals surface area contributed by atoms with E-state index >= 15 is 0 Å². The third kappa shape index (κ3) is 6.04. The summed E-state index contributed by atoms with van der Waals surface area (Å²) in [5.74, 6) is -1.04. The largest absolute Gasteiger partial charge is 0.367 e. The van der Waals surface area contributed by atoms with Crippen LogP contribution in [-0.4, -0.2) is 82.8 Å². The first-order valence-corrected chi connectivity index (χ1v) is 17.0. The zero-order valence-electron chi connectivity index (χ0n) is 23.0. The lowest BCUT2D eigenvalue weighted by Gasteiger charge is -2.25. The number of nitrogens with zero attached hydrogens (tertiary/aromatic N) is 5. The fourth-order valence-corrected chi connectivity index (χ4v) is 10.1. The molecule has 2 aromatic rings. The van der Waals surface area contributed by atoms with Crippen LogP contribution in [0.3, 0.4) is 0 Å². The number of hydrogen-bond acceptors (Lipinski definition) is 13. The Balaban J connectivity index is 1.45. The van der Waals surface area contributed by atoms with Gasteiger partial charge in [0, 0.05) is 6.04 Å². The molecule has 40 heavy (non-hydrogen) atoms. The molecule has 14 nitrogen and oxygen atoms in total. The Labute approximate surface area is 233 Å². The van der Waals surface area contributed by atoms with Gasteiger partial charge in [-0.3, -0.25) is 4.57 Å². The number of hydrogen-bond donors (Lipinski definition) is 1. The van der Waals surface area contributed by atoms with Crippen molar-refractivity contribution in [1.29, 1.82) is 5.26 Å². The zero-order chi connectivity index (χ0) is 28.7. The summed E-state index contributed by atoms with van der Waals surface area (Å²) < 4.78 is 69.7. The summed E-state index contributed by atoms with van der Waals surface area (Å²) in [6, 6.07) is 2.25. The zero-order valence-corrected chi connectivity index (χ0v) is 24.7. The van der Waals surface area contributed by atoms with Gasteiger partial charge in [-0.15, -0.1) is 0 Å². The number of anilines is 1. The van der Waals surface area contributed by atoms with Crippen molar-refractivity contribution in [2.45, 2.75) is 89.7 Å². The summed E-state index contributed by atoms with van der Waals surface area (Å²) in [6.07, 6.45) is 2.49. The highest BCUT2D eigenvalue weighted by atomic mass is 32.2. The molecule has 1 saturated carbocycles. The Bertz CT molecular complexity index is 1430. The molecule has 1 unspecified atom stereocenters. The number of fused-ring (bicyclic) bond motifs is 2. The fourth-order valence-electron chi connectivity index (χ4n) is 5.57. The van der Waals surface area contributed by atoms with Gasteiger partial charge in [0.2, 0.25) is 5.82 Å². The smallest absolute Gasteiger partial charge is 0.345 e. The highest BCUT2D eigenvalue weighted by molar-refractivity contribution is 7.97. The molecule has 0 spiro atoms. The van der Waals surface area contributed by atoms with E-state index in [0.29, 0.717) is 16.9 Å². The lowest BCUT2D eigenvalue weighted by atomic mass is 10.1. The second-order valence-corrected chi connectivity index (χ2v) is 15.2. The van der Waals surface area contributed by atoms with Gasteiger partial charge in [0.25, 0.3) is 0 Å². The van der Waals surface area contributed by atoms with E-state index in [-0.39, 0.29) is 25.1 Å². The van der Waals surface area contributed by atoms with E-state index in [9.17, 15) is 18.2 Å². The molecule has 2 saturated heterocycles. The van der Waals surface area contributed by atoms with Crippen molar-refractivity contribution in [3.05, 3.63) is 12.0 Å². The first kappa shape index (κ1) is 29.3. The van der Waals surface area contributed by atoms with Gasteiger partial charge in [0.15, 0.2) is 33.0 Å². The van der Waals surface area contributed by atoms with E-state index < -0.39 is 59.0 Å². The molecule has 0 aromatic carbocycles. The summed E-state index contributed by atoms with van der Waals surface area (Å²) in [4.78, 5) is 8.77. The number of nitrogens with one attached hydrogen (secondary N) is 1. The lowest BCUT2D eigenvalue weighted by Crippen LogP contribution is -2.35. The van der Waals surface area contributed by atoms with Crippen LogP contribution in [0.2, 0.25) is 0 Å². The number of sulfone groups is 1. The molecule has 16 heteroatoms. The van der Waals surface area contributed by atoms with E-state index in [2.05, 4.69) is 20.4 Å². The topological polar surface area (TPSA) is 177 Å². The second-order valence-electron chi connectivity index (χ2n) is 10.6. The Morgan fingerprint density at radius 2 is 1.85 bits per heavy atom. The van der Waals surface area contributed by atoms with Crippen molar-refractivity contribution in [2.75, 3.05) is 29.8 Å². The Morgan fingerprint density at radius 3 is 2.50 bits per heavy atom. The second kappa shape index (κ2) is 11.2. The number of aromatic nitrogens is 4. The van der Waals surface area contributed by atoms with Crippen molar-refractivity contribution in [3.8, 4) is 6.07 Å². The van der Waals surface area contributed by atoms with Gasteiger partial charge in [-0.1, -0.05) is 12.8 Å². The number of ether oxygens (including phenoxy) is 3. The molecule has 3 aliphatic rings.